The lowest BCUT2D eigenvalue weighted by atomic mass is 10.2. The summed E-state index contributed by atoms with van der Waals surface area (Å²) >= 11 is 4.42. The summed E-state index contributed by atoms with van der Waals surface area (Å²) in [6.07, 6.45) is 1.63. The molecule has 1 amide bonds. The van der Waals surface area contributed by atoms with E-state index in [0.717, 1.165) is 26.1 Å². The van der Waals surface area contributed by atoms with Crippen LogP contribution in [0, 0.1) is 7.40 Å². The van der Waals surface area contributed by atoms with Crippen LogP contribution < -0.4 is 0 Å². The number of hydrogen-bond acceptors (Lipinski definition) is 3. The minimum absolute atomic E-state index is 0.0168. The molecule has 0 spiro atoms. The van der Waals surface area contributed by atoms with Gasteiger partial charge in [0.05, 0.1) is 6.04 Å². The molecule has 1 N–H and O–H groups in total. The minimum Gasteiger partial charge on any atom is -0.444 e. The number of carbonyl (C=O) groups is 1. The Balaban J connectivity index is 2.22. The van der Waals surface area contributed by atoms with Crippen molar-refractivity contribution in [2.45, 2.75) is 58.2 Å². The molecule has 0 bridgehead atoms. The smallest absolute Gasteiger partial charge is 0.411 e. The Morgan fingerprint density at radius 1 is 1.40 bits per heavy atom. The molecule has 7 heteroatoms. The molecular weight excluding hydrogens is 484 g/mol. The summed E-state index contributed by atoms with van der Waals surface area (Å²) in [6, 6.07) is 0.159. The van der Waals surface area contributed by atoms with Gasteiger partial charge in [-0.25, -0.2) is 9.78 Å². The third-order valence-electron chi connectivity index (χ3n) is 3.23. The van der Waals surface area contributed by atoms with Crippen molar-refractivity contribution in [2.75, 3.05) is 0 Å². The molecule has 1 aliphatic heterocycles. The van der Waals surface area contributed by atoms with E-state index in [-0.39, 0.29) is 18.2 Å². The van der Waals surface area contributed by atoms with Gasteiger partial charge in [-0.05, 0) is 85.7 Å². The summed E-state index contributed by atoms with van der Waals surface area (Å²) in [5, 5.41) is 0. The van der Waals surface area contributed by atoms with Gasteiger partial charge in [-0.15, -0.1) is 0 Å². The number of aromatic nitrogens is 2. The van der Waals surface area contributed by atoms with Gasteiger partial charge in [0.2, 0.25) is 0 Å². The highest BCUT2D eigenvalue weighted by Crippen LogP contribution is 2.36. The number of nitrogens with one attached hydrogen (secondary N) is 1. The maximum Gasteiger partial charge on any atom is 0.411 e. The summed E-state index contributed by atoms with van der Waals surface area (Å²) in [4.78, 5) is 22.0. The maximum absolute atomic E-state index is 12.4. The second-order valence-corrected chi connectivity index (χ2v) is 8.16. The average molecular weight is 503 g/mol. The van der Waals surface area contributed by atoms with Gasteiger partial charge in [0.1, 0.15) is 18.8 Å². The van der Waals surface area contributed by atoms with Gasteiger partial charge in [0.15, 0.2) is 0 Å². The fourth-order valence-electron chi connectivity index (χ4n) is 2.38. The SMILES string of the molecule is C[C@H]1CC[C@@H](c2nc(I)c(I)[nH]2)N1C(=O)OC(C)(C)C. The lowest BCUT2D eigenvalue weighted by Crippen LogP contribution is -2.40. The number of H-pyrrole nitrogens is 1. The average Bonchev–Trinajstić information content (AvgIpc) is 2.81. The van der Waals surface area contributed by atoms with Crippen LogP contribution in [0.3, 0.4) is 0 Å². The molecule has 0 aliphatic carbocycles. The zero-order valence-corrected chi connectivity index (χ0v) is 16.4. The number of rotatable bonds is 1. The van der Waals surface area contributed by atoms with Crippen LogP contribution in [0.2, 0.25) is 0 Å². The Morgan fingerprint density at radius 2 is 2.05 bits per heavy atom. The molecule has 2 atom stereocenters. The first-order valence-electron chi connectivity index (χ1n) is 6.61. The molecule has 0 radical (unpaired) electrons. The third kappa shape index (κ3) is 3.58. The predicted octanol–water partition coefficient (Wildman–Crippen LogP) is 4.08. The molecule has 2 rings (SSSR count). The number of amides is 1. The lowest BCUT2D eigenvalue weighted by Gasteiger charge is -2.30. The molecule has 2 heterocycles. The van der Waals surface area contributed by atoms with Crippen molar-refractivity contribution in [3.8, 4) is 0 Å². The first-order valence-corrected chi connectivity index (χ1v) is 8.77. The van der Waals surface area contributed by atoms with E-state index in [1.807, 2.05) is 25.7 Å². The van der Waals surface area contributed by atoms with E-state index in [9.17, 15) is 4.79 Å². The molecule has 0 unspecified atom stereocenters. The van der Waals surface area contributed by atoms with Crippen LogP contribution in [0.25, 0.3) is 0 Å². The van der Waals surface area contributed by atoms with Crippen molar-refractivity contribution in [2.24, 2.45) is 0 Å². The summed E-state index contributed by atoms with van der Waals surface area (Å²) in [7, 11) is 0. The van der Waals surface area contributed by atoms with Gasteiger partial charge in [-0.1, -0.05) is 0 Å². The van der Waals surface area contributed by atoms with E-state index in [1.54, 1.807) is 0 Å². The number of hydrogen-bond donors (Lipinski definition) is 1. The van der Waals surface area contributed by atoms with Gasteiger partial charge >= 0.3 is 6.09 Å². The van der Waals surface area contributed by atoms with E-state index in [1.165, 1.54) is 0 Å². The summed E-state index contributed by atoms with van der Waals surface area (Å²) in [5.41, 5.74) is -0.476. The monoisotopic (exact) mass is 503 g/mol. The van der Waals surface area contributed by atoms with Crippen molar-refractivity contribution in [1.82, 2.24) is 14.9 Å². The molecule has 1 aromatic heterocycles. The topological polar surface area (TPSA) is 58.2 Å². The highest BCUT2D eigenvalue weighted by Gasteiger charge is 2.39. The highest BCUT2D eigenvalue weighted by atomic mass is 127. The van der Waals surface area contributed by atoms with Crippen molar-refractivity contribution >= 4 is 51.3 Å². The number of imidazole rings is 1. The van der Waals surface area contributed by atoms with Gasteiger partial charge in [0, 0.05) is 6.04 Å². The molecule has 20 heavy (non-hydrogen) atoms. The number of likely N-dealkylation sites (tertiary alicyclic amines) is 1. The summed E-state index contributed by atoms with van der Waals surface area (Å²) in [5.74, 6) is 0.856. The fourth-order valence-corrected chi connectivity index (χ4v) is 3.17. The van der Waals surface area contributed by atoms with Crippen molar-refractivity contribution in [3.63, 3.8) is 0 Å². The van der Waals surface area contributed by atoms with E-state index in [0.29, 0.717) is 0 Å². The molecule has 112 valence electrons. The highest BCUT2D eigenvalue weighted by molar-refractivity contribution is 14.1. The van der Waals surface area contributed by atoms with Crippen LogP contribution in [0.1, 0.15) is 52.4 Å². The standard InChI is InChI=1S/C13H19I2N3O2/c1-7-5-6-8(11-16-9(14)10(15)17-11)18(7)12(19)20-13(2,3)4/h7-8H,5-6H2,1-4H3,(H,16,17)/t7-,8-/m0/s1. The number of halogens is 2. The Kier molecular flexibility index (Phi) is 4.87. The van der Waals surface area contributed by atoms with Crippen LogP contribution in [-0.4, -0.2) is 32.6 Å². The second-order valence-electron chi connectivity index (χ2n) is 6.06. The molecule has 1 fully saturated rings. The Hall–Kier alpha value is -0.0600. The number of ether oxygens (including phenoxy) is 1. The molecule has 0 aromatic carbocycles. The van der Waals surface area contributed by atoms with Gasteiger partial charge in [0.25, 0.3) is 0 Å². The molecule has 5 nitrogen and oxygen atoms in total. The lowest BCUT2D eigenvalue weighted by molar-refractivity contribution is 0.0151. The van der Waals surface area contributed by atoms with Gasteiger partial charge < -0.3 is 9.72 Å². The molecule has 0 saturated carbocycles. The van der Waals surface area contributed by atoms with Crippen LogP contribution in [0.15, 0.2) is 0 Å². The first-order chi connectivity index (χ1) is 9.19. The van der Waals surface area contributed by atoms with Crippen molar-refractivity contribution in [1.29, 1.82) is 0 Å². The van der Waals surface area contributed by atoms with E-state index in [4.69, 9.17) is 4.74 Å². The normalized spacial score (nSPS) is 23.2. The van der Waals surface area contributed by atoms with Crippen molar-refractivity contribution in [3.05, 3.63) is 13.2 Å². The zero-order valence-electron chi connectivity index (χ0n) is 12.0. The Bertz CT molecular complexity index is 491. The molecular formula is C13H19I2N3O2. The Morgan fingerprint density at radius 3 is 2.55 bits per heavy atom. The molecule has 1 aromatic rings. The predicted molar refractivity (Wildman–Crippen MR) is 93.5 cm³/mol. The van der Waals surface area contributed by atoms with Crippen LogP contribution in [0.5, 0.6) is 0 Å². The summed E-state index contributed by atoms with van der Waals surface area (Å²) in [6.45, 7) is 7.72. The van der Waals surface area contributed by atoms with E-state index in [2.05, 4.69) is 62.1 Å². The van der Waals surface area contributed by atoms with Crippen LogP contribution in [-0.2, 0) is 4.74 Å². The second kappa shape index (κ2) is 5.98. The molecule has 1 saturated heterocycles. The van der Waals surface area contributed by atoms with Crippen molar-refractivity contribution < 1.29 is 9.53 Å². The van der Waals surface area contributed by atoms with E-state index < -0.39 is 5.60 Å². The largest absolute Gasteiger partial charge is 0.444 e. The zero-order chi connectivity index (χ0) is 15.1. The third-order valence-corrected chi connectivity index (χ3v) is 5.82. The van der Waals surface area contributed by atoms with E-state index >= 15 is 0 Å². The van der Waals surface area contributed by atoms with Crippen LogP contribution in [0.4, 0.5) is 4.79 Å². The van der Waals surface area contributed by atoms with Gasteiger partial charge in [-0.2, -0.15) is 0 Å². The Labute approximate surface area is 146 Å². The summed E-state index contributed by atoms with van der Waals surface area (Å²) < 4.78 is 7.48. The minimum atomic E-state index is -0.476. The number of nitrogens with zero attached hydrogens (tertiary/aromatic N) is 2. The quantitative estimate of drug-likeness (QED) is 0.589. The fraction of sp³-hybridized carbons (Fsp3) is 0.692. The number of aromatic amines is 1. The van der Waals surface area contributed by atoms with Gasteiger partial charge in [-0.3, -0.25) is 4.90 Å². The number of carbonyl (C=O) groups excluding carboxylic acids is 1. The maximum atomic E-state index is 12.4. The molecule has 1 aliphatic rings. The van der Waals surface area contributed by atoms with Crippen LogP contribution >= 0.6 is 45.2 Å². The first kappa shape index (κ1) is 16.3.